The standard InChI is InChI=1S/C6H2BrIS2.C6H3BrS2.C6H2I2S2.C6H4S2.BHNS/c7-4-1-3-2-5(8)10-6(3)9-4;7-5-3-4-1-2-8-6(4)9-5;7-4-1-3-2-5(8)10-6(3)9-4;1-3-7-6-5(1)2-4-8-6;1-2-3/h1-2H;1-3H;1-2H;1-4H;3H. The SMILES string of the molecule is Brc1cc2cc(I)sc2s1.Brc1cc2ccsc2s1.Ic1cc2cc(I)sc2s1.[B]=NS.c1cc2ccsc2s1. The van der Waals surface area contributed by atoms with Gasteiger partial charge in [0, 0.05) is 21.5 Å². The van der Waals surface area contributed by atoms with Gasteiger partial charge in [0.1, 0.15) is 0 Å². The minimum absolute atomic E-state index is 1.23. The van der Waals surface area contributed by atoms with E-state index < -0.39 is 0 Å². The summed E-state index contributed by atoms with van der Waals surface area (Å²) in [5, 5.41) is 11.9. The van der Waals surface area contributed by atoms with E-state index in [1.807, 2.05) is 56.7 Å². The molecule has 1 nitrogen and oxygen atoms in total. The molecular weight excluding hydrogens is 1140 g/mol. The van der Waals surface area contributed by atoms with Crippen LogP contribution in [0.15, 0.2) is 76.5 Å². The Morgan fingerprint density at radius 2 is 0.925 bits per heavy atom. The monoisotopic (exact) mass is 1150 g/mol. The van der Waals surface area contributed by atoms with Gasteiger partial charge >= 0.3 is 24.8 Å². The predicted molar refractivity (Wildman–Crippen MR) is 230 cm³/mol. The first-order valence-electron chi connectivity index (χ1n) is 10.5. The Balaban J connectivity index is 0.000000120. The maximum Gasteiger partial charge on any atom is 0.0864 e. The molecule has 0 aliphatic heterocycles. The van der Waals surface area contributed by atoms with E-state index in [-0.39, 0.29) is 0 Å². The molecule has 0 atom stereocenters. The third-order valence-electron chi connectivity index (χ3n) is 4.51. The fourth-order valence-corrected chi connectivity index (χ4v) is 16.8. The van der Waals surface area contributed by atoms with Crippen molar-refractivity contribution < 1.29 is 0 Å². The molecule has 0 amide bonds. The topological polar surface area (TPSA) is 12.4 Å². The van der Waals surface area contributed by atoms with Crippen molar-refractivity contribution >= 4 is 248 Å². The predicted octanol–water partition coefficient (Wildman–Crippen LogP) is 15.4. The molecule has 16 heteroatoms. The van der Waals surface area contributed by atoms with Crippen molar-refractivity contribution in [2.24, 2.45) is 4.30 Å². The number of thiol groups is 1. The second kappa shape index (κ2) is 17.6. The van der Waals surface area contributed by atoms with Gasteiger partial charge in [0.25, 0.3) is 0 Å². The van der Waals surface area contributed by atoms with Crippen molar-refractivity contribution in [3.05, 3.63) is 80.9 Å². The van der Waals surface area contributed by atoms with Crippen LogP contribution in [0.5, 0.6) is 0 Å². The third-order valence-corrected chi connectivity index (χ3v) is 16.8. The van der Waals surface area contributed by atoms with Crippen molar-refractivity contribution in [1.82, 2.24) is 0 Å². The van der Waals surface area contributed by atoms with Gasteiger partial charge in [0.05, 0.1) is 32.3 Å². The molecule has 0 bridgehead atoms. The molecule has 40 heavy (non-hydrogen) atoms. The largest absolute Gasteiger partial charge is 0.133 e. The van der Waals surface area contributed by atoms with Crippen LogP contribution in [0.4, 0.5) is 0 Å². The molecule has 1 radical (unpaired) electrons. The molecule has 0 fully saturated rings. The second-order valence-electron chi connectivity index (χ2n) is 7.10. The van der Waals surface area contributed by atoms with Crippen LogP contribution in [0.2, 0.25) is 0 Å². The van der Waals surface area contributed by atoms with E-state index in [2.05, 4.69) is 189 Å². The zero-order valence-corrected chi connectivity index (χ0v) is 36.5. The van der Waals surface area contributed by atoms with Crippen molar-refractivity contribution in [2.45, 2.75) is 0 Å². The number of hydrogen-bond acceptors (Lipinski definition) is 10. The number of fused-ring (bicyclic) bond motifs is 4. The Bertz CT molecular complexity index is 1660. The fourth-order valence-electron chi connectivity index (χ4n) is 2.99. The Morgan fingerprint density at radius 1 is 0.550 bits per heavy atom. The number of rotatable bonds is 0. The van der Waals surface area contributed by atoms with E-state index >= 15 is 0 Å². The molecule has 0 N–H and O–H groups in total. The Kier molecular flexibility index (Phi) is 15.4. The molecule has 8 aromatic heterocycles. The van der Waals surface area contributed by atoms with Gasteiger partial charge in [-0.1, -0.05) is 0 Å². The van der Waals surface area contributed by atoms with Crippen LogP contribution >= 0.6 is 203 Å². The van der Waals surface area contributed by atoms with E-state index in [0.717, 1.165) is 0 Å². The average molecular weight is 1150 g/mol. The molecule has 0 saturated heterocycles. The Morgan fingerprint density at radius 3 is 1.35 bits per heavy atom. The van der Waals surface area contributed by atoms with Gasteiger partial charge in [0.15, 0.2) is 0 Å². The minimum atomic E-state index is 1.23. The molecule has 8 rings (SSSR count). The zero-order valence-electron chi connectivity index (χ0n) is 19.5. The average Bonchev–Trinajstić information content (AvgIpc) is 3.67. The fraction of sp³-hybridized carbons (Fsp3) is 0. The van der Waals surface area contributed by atoms with E-state index in [1.165, 1.54) is 53.8 Å². The molecule has 0 unspecified atom stereocenters. The summed E-state index contributed by atoms with van der Waals surface area (Å²) in [7, 11) is 4.34. The van der Waals surface area contributed by atoms with Gasteiger partial charge in [-0.25, -0.2) is 0 Å². The van der Waals surface area contributed by atoms with Gasteiger partial charge in [0.2, 0.25) is 0 Å². The quantitative estimate of drug-likeness (QED) is 0.0883. The van der Waals surface area contributed by atoms with Gasteiger partial charge in [-0.3, -0.25) is 0 Å². The summed E-state index contributed by atoms with van der Waals surface area (Å²) in [4.78, 5) is 0. The van der Waals surface area contributed by atoms with Crippen molar-refractivity contribution in [1.29, 1.82) is 0 Å². The summed E-state index contributed by atoms with van der Waals surface area (Å²) in [6, 6.07) is 17.4. The van der Waals surface area contributed by atoms with Gasteiger partial charge in [-0.15, -0.1) is 90.7 Å². The number of nitrogens with zero attached hydrogens (tertiary/aromatic N) is 1. The Hall–Kier alpha value is 2.00. The third kappa shape index (κ3) is 10.5. The van der Waals surface area contributed by atoms with Crippen LogP contribution in [0.25, 0.3) is 37.6 Å². The molecule has 0 aliphatic carbocycles. The van der Waals surface area contributed by atoms with Crippen molar-refractivity contribution in [3.63, 3.8) is 0 Å². The van der Waals surface area contributed by atoms with Crippen molar-refractivity contribution in [3.8, 4) is 0 Å². The molecular formula is C24H12BBr2I3NS9. The summed E-state index contributed by atoms with van der Waals surface area (Å²) in [5.41, 5.74) is 0. The maximum atomic E-state index is 4.34. The molecule has 0 saturated carbocycles. The summed E-state index contributed by atoms with van der Waals surface area (Å²) in [6.07, 6.45) is 0. The smallest absolute Gasteiger partial charge is 0.0864 e. The molecule has 205 valence electrons. The van der Waals surface area contributed by atoms with Crippen LogP contribution < -0.4 is 0 Å². The summed E-state index contributed by atoms with van der Waals surface area (Å²) in [5.74, 6) is 0. The van der Waals surface area contributed by atoms with E-state index in [9.17, 15) is 0 Å². The molecule has 0 aromatic carbocycles. The van der Waals surface area contributed by atoms with Crippen LogP contribution in [0, 0.1) is 8.65 Å². The Labute approximate surface area is 327 Å². The normalized spacial score (nSPS) is 10.3. The molecule has 0 spiro atoms. The van der Waals surface area contributed by atoms with Gasteiger partial charge in [-0.05, 0) is 164 Å². The molecule has 8 aromatic rings. The zero-order chi connectivity index (χ0) is 28.6. The van der Waals surface area contributed by atoms with Crippen LogP contribution in [0.1, 0.15) is 0 Å². The van der Waals surface area contributed by atoms with Gasteiger partial charge in [-0.2, -0.15) is 0 Å². The first-order chi connectivity index (χ1) is 19.2. The van der Waals surface area contributed by atoms with E-state index in [0.29, 0.717) is 0 Å². The molecule has 0 aliphatic rings. The number of thiophene rings is 8. The van der Waals surface area contributed by atoms with Crippen LogP contribution in [-0.2, 0) is 0 Å². The maximum absolute atomic E-state index is 4.34. The van der Waals surface area contributed by atoms with Crippen molar-refractivity contribution in [2.75, 3.05) is 0 Å². The van der Waals surface area contributed by atoms with Crippen LogP contribution in [0.3, 0.4) is 0 Å². The summed E-state index contributed by atoms with van der Waals surface area (Å²) in [6.45, 7) is 0. The second-order valence-corrected chi connectivity index (χ2v) is 24.8. The first kappa shape index (κ1) is 34.9. The van der Waals surface area contributed by atoms with Crippen LogP contribution in [-0.4, -0.2) is 7.64 Å². The minimum Gasteiger partial charge on any atom is -0.133 e. The number of hydrogen-bond donors (Lipinski definition) is 1. The number of halogens is 5. The molecule has 8 heterocycles. The van der Waals surface area contributed by atoms with Gasteiger partial charge < -0.3 is 0 Å². The first-order valence-corrected chi connectivity index (χ1v) is 22.5. The van der Waals surface area contributed by atoms with E-state index in [4.69, 9.17) is 0 Å². The summed E-state index contributed by atoms with van der Waals surface area (Å²) >= 11 is 31.8. The van der Waals surface area contributed by atoms with E-state index in [1.54, 1.807) is 34.0 Å². The summed E-state index contributed by atoms with van der Waals surface area (Å²) < 4.78 is 15.0.